The lowest BCUT2D eigenvalue weighted by Gasteiger charge is -2.42. The van der Waals surface area contributed by atoms with E-state index < -0.39 is 29.2 Å². The zero-order chi connectivity index (χ0) is 14.3. The Morgan fingerprint density at radius 1 is 1.32 bits per heavy atom. The van der Waals surface area contributed by atoms with Gasteiger partial charge in [-0.25, -0.2) is 0 Å². The van der Waals surface area contributed by atoms with Crippen LogP contribution in [-0.4, -0.2) is 18.2 Å². The molecule has 0 bridgehead atoms. The number of hydrogen-bond donors (Lipinski definition) is 1. The Morgan fingerprint density at radius 2 is 1.84 bits per heavy atom. The predicted octanol–water partition coefficient (Wildman–Crippen LogP) is 2.48. The van der Waals surface area contributed by atoms with Crippen LogP contribution in [0.5, 0.6) is 0 Å². The molecule has 0 radical (unpaired) electrons. The predicted molar refractivity (Wildman–Crippen MR) is 60.1 cm³/mol. The molecule has 0 unspecified atom stereocenters. The molecule has 1 aliphatic carbocycles. The van der Waals surface area contributed by atoms with Crippen molar-refractivity contribution < 1.29 is 27.8 Å². The first-order valence-electron chi connectivity index (χ1n) is 5.74. The molecule has 0 saturated heterocycles. The van der Waals surface area contributed by atoms with E-state index in [0.29, 0.717) is 5.56 Å². The van der Waals surface area contributed by atoms with Gasteiger partial charge < -0.3 is 9.84 Å². The largest absolute Gasteiger partial charge is 0.469 e. The minimum atomic E-state index is -4.39. The van der Waals surface area contributed by atoms with Gasteiger partial charge in [0.1, 0.15) is 0 Å². The Labute approximate surface area is 108 Å². The van der Waals surface area contributed by atoms with Gasteiger partial charge in [0.25, 0.3) is 0 Å². The number of hydrogen-bond acceptors (Lipinski definition) is 3. The molecule has 1 aromatic rings. The summed E-state index contributed by atoms with van der Waals surface area (Å²) in [6.45, 7) is 0. The first-order valence-corrected chi connectivity index (χ1v) is 5.74. The Morgan fingerprint density at radius 3 is 2.26 bits per heavy atom. The molecule has 2 rings (SSSR count). The Balaban J connectivity index is 2.10. The lowest BCUT2D eigenvalue weighted by atomic mass is 9.67. The van der Waals surface area contributed by atoms with E-state index >= 15 is 0 Å². The maximum atomic E-state index is 12.4. The zero-order valence-corrected chi connectivity index (χ0v) is 10.2. The molecular weight excluding hydrogens is 261 g/mol. The van der Waals surface area contributed by atoms with Crippen molar-refractivity contribution in [2.75, 3.05) is 7.11 Å². The van der Waals surface area contributed by atoms with Crippen LogP contribution in [0.4, 0.5) is 13.2 Å². The first-order chi connectivity index (χ1) is 8.76. The van der Waals surface area contributed by atoms with Crippen molar-refractivity contribution in [3.63, 3.8) is 0 Å². The van der Waals surface area contributed by atoms with Crippen LogP contribution in [-0.2, 0) is 21.3 Å². The van der Waals surface area contributed by atoms with Crippen molar-refractivity contribution in [2.24, 2.45) is 5.92 Å². The number of halogens is 3. The number of carbonyl (C=O) groups excluding carboxylic acids is 1. The third-order valence-electron chi connectivity index (χ3n) is 3.45. The molecule has 104 valence electrons. The molecule has 1 N–H and O–H groups in total. The lowest BCUT2D eigenvalue weighted by Crippen LogP contribution is -2.44. The monoisotopic (exact) mass is 274 g/mol. The third kappa shape index (κ3) is 2.58. The van der Waals surface area contributed by atoms with E-state index in [-0.39, 0.29) is 12.8 Å². The second-order valence-electron chi connectivity index (χ2n) is 4.74. The van der Waals surface area contributed by atoms with Crippen molar-refractivity contribution in [2.45, 2.75) is 24.6 Å². The van der Waals surface area contributed by atoms with Crippen LogP contribution in [0, 0.1) is 5.92 Å². The molecule has 3 nitrogen and oxygen atoms in total. The molecule has 0 aromatic heterocycles. The highest BCUT2D eigenvalue weighted by atomic mass is 19.4. The Hall–Kier alpha value is -1.56. The molecule has 0 spiro atoms. The molecular formula is C13H13F3O3. The maximum absolute atomic E-state index is 12.4. The molecule has 19 heavy (non-hydrogen) atoms. The summed E-state index contributed by atoms with van der Waals surface area (Å²) in [5, 5.41) is 10.2. The van der Waals surface area contributed by atoms with E-state index in [2.05, 4.69) is 4.74 Å². The summed E-state index contributed by atoms with van der Waals surface area (Å²) in [6, 6.07) is 4.35. The van der Waals surface area contributed by atoms with Gasteiger partial charge in [0.2, 0.25) is 0 Å². The fraction of sp³-hybridized carbons (Fsp3) is 0.462. The highest BCUT2D eigenvalue weighted by Gasteiger charge is 2.48. The van der Waals surface area contributed by atoms with E-state index in [1.807, 2.05) is 0 Å². The molecule has 0 atom stereocenters. The van der Waals surface area contributed by atoms with E-state index in [0.717, 1.165) is 12.1 Å². The molecule has 1 aliphatic rings. The van der Waals surface area contributed by atoms with Gasteiger partial charge in [-0.05, 0) is 30.5 Å². The van der Waals surface area contributed by atoms with Crippen LogP contribution in [0.2, 0.25) is 0 Å². The summed E-state index contributed by atoms with van der Waals surface area (Å²) in [6.07, 6.45) is -4.05. The van der Waals surface area contributed by atoms with Gasteiger partial charge in [-0.1, -0.05) is 12.1 Å². The third-order valence-corrected chi connectivity index (χ3v) is 3.45. The van der Waals surface area contributed by atoms with Crippen LogP contribution in [0.25, 0.3) is 0 Å². The van der Waals surface area contributed by atoms with Crippen LogP contribution >= 0.6 is 0 Å². The summed E-state index contributed by atoms with van der Waals surface area (Å²) < 4.78 is 41.8. The Kier molecular flexibility index (Phi) is 3.30. The quantitative estimate of drug-likeness (QED) is 0.843. The topological polar surface area (TPSA) is 46.5 Å². The van der Waals surface area contributed by atoms with Crippen molar-refractivity contribution in [3.05, 3.63) is 35.4 Å². The number of rotatable bonds is 2. The minimum Gasteiger partial charge on any atom is -0.469 e. The van der Waals surface area contributed by atoms with Gasteiger partial charge in [0, 0.05) is 0 Å². The van der Waals surface area contributed by atoms with E-state index in [1.165, 1.54) is 19.2 Å². The van der Waals surface area contributed by atoms with Crippen LogP contribution in [0.15, 0.2) is 24.3 Å². The summed E-state index contributed by atoms with van der Waals surface area (Å²) in [5.74, 6) is -0.797. The van der Waals surface area contributed by atoms with Gasteiger partial charge in [0.15, 0.2) is 0 Å². The number of esters is 1. The number of carbonyl (C=O) groups is 1. The number of methoxy groups -OCH3 is 1. The smallest absolute Gasteiger partial charge is 0.416 e. The second kappa shape index (κ2) is 4.52. The average molecular weight is 274 g/mol. The van der Waals surface area contributed by atoms with Crippen molar-refractivity contribution in [3.8, 4) is 0 Å². The SMILES string of the molecule is COC(=O)[C@H]1C[C@@](O)(c2ccc(C(F)(F)F)cc2)C1. The van der Waals surface area contributed by atoms with Gasteiger partial charge in [-0.2, -0.15) is 13.2 Å². The zero-order valence-electron chi connectivity index (χ0n) is 10.2. The van der Waals surface area contributed by atoms with Crippen molar-refractivity contribution >= 4 is 5.97 Å². The van der Waals surface area contributed by atoms with Gasteiger partial charge in [-0.15, -0.1) is 0 Å². The van der Waals surface area contributed by atoms with Crippen LogP contribution < -0.4 is 0 Å². The minimum absolute atomic E-state index is 0.172. The molecule has 1 fully saturated rings. The molecule has 1 saturated carbocycles. The molecule has 6 heteroatoms. The van der Waals surface area contributed by atoms with E-state index in [1.54, 1.807) is 0 Å². The Bertz CT molecular complexity index is 473. The summed E-state index contributed by atoms with van der Waals surface area (Å²) in [4.78, 5) is 11.2. The molecule has 0 amide bonds. The number of ether oxygens (including phenoxy) is 1. The highest BCUT2D eigenvalue weighted by molar-refractivity contribution is 5.74. The maximum Gasteiger partial charge on any atom is 0.416 e. The van der Waals surface area contributed by atoms with Gasteiger partial charge >= 0.3 is 12.1 Å². The highest BCUT2D eigenvalue weighted by Crippen LogP contribution is 2.46. The summed E-state index contributed by atoms with van der Waals surface area (Å²) in [5.41, 5.74) is -1.60. The number of benzene rings is 1. The number of alkyl halides is 3. The van der Waals surface area contributed by atoms with Gasteiger partial charge in [-0.3, -0.25) is 4.79 Å². The standard InChI is InChI=1S/C13H13F3O3/c1-19-11(17)8-6-12(18,7-8)9-2-4-10(5-3-9)13(14,15)16/h2-5,8,18H,6-7H2,1H3/t8-,12-. The van der Waals surface area contributed by atoms with E-state index in [9.17, 15) is 23.1 Å². The molecule has 1 aromatic carbocycles. The van der Waals surface area contributed by atoms with Crippen molar-refractivity contribution in [1.82, 2.24) is 0 Å². The fourth-order valence-corrected chi connectivity index (χ4v) is 2.29. The molecule has 0 aliphatic heterocycles. The second-order valence-corrected chi connectivity index (χ2v) is 4.74. The first kappa shape index (κ1) is 13.9. The average Bonchev–Trinajstić information content (AvgIpc) is 2.33. The fourth-order valence-electron chi connectivity index (χ4n) is 2.29. The van der Waals surface area contributed by atoms with Crippen molar-refractivity contribution in [1.29, 1.82) is 0 Å². The summed E-state index contributed by atoms with van der Waals surface area (Å²) >= 11 is 0. The van der Waals surface area contributed by atoms with Crippen LogP contribution in [0.1, 0.15) is 24.0 Å². The molecule has 0 heterocycles. The van der Waals surface area contributed by atoms with Gasteiger partial charge in [0.05, 0.1) is 24.2 Å². The van der Waals surface area contributed by atoms with Crippen LogP contribution in [0.3, 0.4) is 0 Å². The van der Waals surface area contributed by atoms with E-state index in [4.69, 9.17) is 0 Å². The number of aliphatic hydroxyl groups is 1. The normalized spacial score (nSPS) is 26.7. The summed E-state index contributed by atoms with van der Waals surface area (Å²) in [7, 11) is 1.26. The lowest BCUT2D eigenvalue weighted by molar-refractivity contribution is -0.163.